The number of ketones is 1. The number of carbonyl (C=O) groups is 2. The van der Waals surface area contributed by atoms with Crippen molar-refractivity contribution in [2.45, 2.75) is 63.4 Å². The number of carbonyl (C=O) groups excluding carboxylic acids is 1. The van der Waals surface area contributed by atoms with Crippen LogP contribution < -0.4 is 14.8 Å². The summed E-state index contributed by atoms with van der Waals surface area (Å²) >= 11 is 5.87. The molecule has 0 radical (unpaired) electrons. The van der Waals surface area contributed by atoms with Crippen molar-refractivity contribution >= 4 is 40.8 Å². The van der Waals surface area contributed by atoms with Crippen molar-refractivity contribution in [2.75, 3.05) is 19.0 Å². The number of Topliss-reactive ketones (excluding diaryl/α,β-unsaturated/α-hetero) is 1. The summed E-state index contributed by atoms with van der Waals surface area (Å²) in [6.07, 6.45) is 2.31. The quantitative estimate of drug-likeness (QED) is 0.180. The molecule has 0 fully saturated rings. The van der Waals surface area contributed by atoms with Gasteiger partial charge >= 0.3 is 11.5 Å². The predicted octanol–water partition coefficient (Wildman–Crippen LogP) is 9.14. The maximum absolute atomic E-state index is 12.2. The van der Waals surface area contributed by atoms with Crippen LogP contribution in [-0.2, 0) is 16.0 Å². The zero-order valence-corrected chi connectivity index (χ0v) is 26.3. The molecule has 0 spiro atoms. The first-order chi connectivity index (χ1) is 20.2. The number of benzene rings is 3. The lowest BCUT2D eigenvalue weighted by atomic mass is 10.0. The molecule has 0 aromatic heterocycles. The molecule has 0 bridgehead atoms. The second-order valence-electron chi connectivity index (χ2n) is 9.90. The first-order valence-electron chi connectivity index (χ1n) is 13.6. The van der Waals surface area contributed by atoms with E-state index in [4.69, 9.17) is 26.2 Å². The third-order valence-electron chi connectivity index (χ3n) is 6.34. The van der Waals surface area contributed by atoms with E-state index in [1.807, 2.05) is 6.92 Å². The number of alkyl halides is 3. The summed E-state index contributed by atoms with van der Waals surface area (Å²) in [4.78, 5) is 23.3. The van der Waals surface area contributed by atoms with E-state index in [0.717, 1.165) is 29.5 Å². The molecule has 11 heteroatoms. The Labute approximate surface area is 259 Å². The van der Waals surface area contributed by atoms with Gasteiger partial charge in [0.1, 0.15) is 17.5 Å². The molecule has 3 aromatic carbocycles. The molecule has 3 rings (SSSR count). The van der Waals surface area contributed by atoms with Gasteiger partial charge in [-0.2, -0.15) is 13.2 Å². The van der Waals surface area contributed by atoms with Gasteiger partial charge in [0, 0.05) is 33.8 Å². The highest BCUT2D eigenvalue weighted by atomic mass is 35.5. The normalized spacial score (nSPS) is 12.4. The number of ether oxygens (including phenoxy) is 2. The summed E-state index contributed by atoms with van der Waals surface area (Å²) < 4.78 is 47.2. The lowest BCUT2D eigenvalue weighted by molar-refractivity contribution is -0.141. The van der Waals surface area contributed by atoms with Crippen LogP contribution in [0.3, 0.4) is 0 Å². The third-order valence-corrected chi connectivity index (χ3v) is 7.32. The Bertz CT molecular complexity index is 1350. The summed E-state index contributed by atoms with van der Waals surface area (Å²) in [5, 5.41) is 12.8. The van der Waals surface area contributed by atoms with E-state index >= 15 is 0 Å². The van der Waals surface area contributed by atoms with Crippen molar-refractivity contribution in [1.82, 2.24) is 0 Å². The van der Waals surface area contributed by atoms with Crippen LogP contribution in [0.15, 0.2) is 65.6 Å². The standard InChI is InChI=1S/C21H24ClNO5.C11H13F3S/c1-13(21(25)26)8-9-28-19-11-17(10-18(12-19)27-3)23-20(14(2)24)15-4-6-16(22)7-5-15;1-3-4-9-5-6-10(7-8(9)2)15-11(12,13)14/h4-7,10-13,20,23H,8-9H2,1-3H3,(H,25,26);5-7H,3-4H2,1-2H3. The second kappa shape index (κ2) is 17.1. The van der Waals surface area contributed by atoms with E-state index in [-0.39, 0.29) is 29.0 Å². The van der Waals surface area contributed by atoms with E-state index in [9.17, 15) is 22.8 Å². The van der Waals surface area contributed by atoms with Gasteiger partial charge in [-0.1, -0.05) is 50.1 Å². The number of carboxylic acid groups (broad SMARTS) is 1. The molecular formula is C32H37ClF3NO5S. The zero-order chi connectivity index (χ0) is 32.2. The van der Waals surface area contributed by atoms with E-state index in [1.165, 1.54) is 20.1 Å². The van der Waals surface area contributed by atoms with Gasteiger partial charge in [0.05, 0.1) is 19.6 Å². The van der Waals surface area contributed by atoms with Crippen molar-refractivity contribution in [3.05, 3.63) is 82.4 Å². The number of aliphatic carboxylic acids is 1. The van der Waals surface area contributed by atoms with Gasteiger partial charge in [-0.25, -0.2) is 0 Å². The Balaban J connectivity index is 0.000000362. The number of thioether (sulfide) groups is 1. The van der Waals surface area contributed by atoms with Crippen LogP contribution in [-0.4, -0.2) is 36.1 Å². The molecule has 0 saturated heterocycles. The van der Waals surface area contributed by atoms with Crippen molar-refractivity contribution in [3.8, 4) is 11.5 Å². The van der Waals surface area contributed by atoms with Gasteiger partial charge < -0.3 is 19.9 Å². The van der Waals surface area contributed by atoms with Gasteiger partial charge in [0.2, 0.25) is 0 Å². The molecule has 0 saturated carbocycles. The fraction of sp³-hybridized carbons (Fsp3) is 0.375. The smallest absolute Gasteiger partial charge is 0.446 e. The maximum atomic E-state index is 12.2. The molecule has 0 heterocycles. The highest BCUT2D eigenvalue weighted by Crippen LogP contribution is 2.37. The van der Waals surface area contributed by atoms with Crippen LogP contribution in [0.5, 0.6) is 11.5 Å². The molecule has 234 valence electrons. The molecule has 3 aromatic rings. The number of hydrogen-bond donors (Lipinski definition) is 2. The minimum Gasteiger partial charge on any atom is -0.497 e. The fourth-order valence-corrected chi connectivity index (χ4v) is 4.76. The fourth-order valence-electron chi connectivity index (χ4n) is 3.99. The van der Waals surface area contributed by atoms with E-state index in [0.29, 0.717) is 28.6 Å². The number of hydrogen-bond acceptors (Lipinski definition) is 6. The minimum absolute atomic E-state index is 0.0529. The number of halogens is 4. The maximum Gasteiger partial charge on any atom is 0.446 e. The van der Waals surface area contributed by atoms with Crippen LogP contribution in [0.25, 0.3) is 0 Å². The number of rotatable bonds is 13. The summed E-state index contributed by atoms with van der Waals surface area (Å²) in [5.74, 6) is -0.315. The summed E-state index contributed by atoms with van der Waals surface area (Å²) in [6, 6.07) is 16.7. The van der Waals surface area contributed by atoms with Crippen molar-refractivity contribution < 1.29 is 37.3 Å². The van der Waals surface area contributed by atoms with Crippen LogP contribution in [0.4, 0.5) is 18.9 Å². The lowest BCUT2D eigenvalue weighted by Gasteiger charge is -2.19. The van der Waals surface area contributed by atoms with Gasteiger partial charge in [0.25, 0.3) is 0 Å². The Morgan fingerprint density at radius 3 is 2.23 bits per heavy atom. The van der Waals surface area contributed by atoms with Crippen LogP contribution in [0, 0.1) is 12.8 Å². The van der Waals surface area contributed by atoms with Crippen LogP contribution >= 0.6 is 23.4 Å². The van der Waals surface area contributed by atoms with Crippen molar-refractivity contribution in [3.63, 3.8) is 0 Å². The van der Waals surface area contributed by atoms with E-state index in [1.54, 1.807) is 61.5 Å². The molecular weight excluding hydrogens is 603 g/mol. The Morgan fingerprint density at radius 1 is 1.05 bits per heavy atom. The predicted molar refractivity (Wildman–Crippen MR) is 165 cm³/mol. The summed E-state index contributed by atoms with van der Waals surface area (Å²) in [5.41, 5.74) is -0.693. The molecule has 2 atom stereocenters. The molecule has 0 aliphatic heterocycles. The molecule has 0 aliphatic carbocycles. The minimum atomic E-state index is -4.20. The van der Waals surface area contributed by atoms with Crippen molar-refractivity contribution in [1.29, 1.82) is 0 Å². The molecule has 2 unspecified atom stereocenters. The van der Waals surface area contributed by atoms with Crippen LogP contribution in [0.1, 0.15) is 56.3 Å². The highest BCUT2D eigenvalue weighted by Gasteiger charge is 2.29. The molecule has 0 amide bonds. The van der Waals surface area contributed by atoms with Gasteiger partial charge in [0.15, 0.2) is 5.78 Å². The number of methoxy groups -OCH3 is 1. The average molecular weight is 640 g/mol. The van der Waals surface area contributed by atoms with E-state index in [2.05, 4.69) is 12.2 Å². The largest absolute Gasteiger partial charge is 0.497 e. The van der Waals surface area contributed by atoms with Crippen molar-refractivity contribution in [2.24, 2.45) is 5.92 Å². The number of carboxylic acids is 1. The summed E-state index contributed by atoms with van der Waals surface area (Å²) in [7, 11) is 1.54. The lowest BCUT2D eigenvalue weighted by Crippen LogP contribution is -2.18. The Morgan fingerprint density at radius 2 is 1.70 bits per heavy atom. The molecule has 0 aliphatic rings. The number of nitrogens with one attached hydrogen (secondary N) is 1. The van der Waals surface area contributed by atoms with Gasteiger partial charge in [-0.3, -0.25) is 9.59 Å². The zero-order valence-electron chi connectivity index (χ0n) is 24.8. The molecule has 2 N–H and O–H groups in total. The molecule has 43 heavy (non-hydrogen) atoms. The number of anilines is 1. The Hall–Kier alpha value is -3.37. The summed E-state index contributed by atoms with van der Waals surface area (Å²) in [6.45, 7) is 7.31. The Kier molecular flexibility index (Phi) is 14.2. The molecule has 6 nitrogen and oxygen atoms in total. The SMILES string of the molecule is CCCc1ccc(SC(F)(F)F)cc1C.COc1cc(NC(C(C)=O)c2ccc(Cl)cc2)cc(OCCC(C)C(=O)O)c1. The van der Waals surface area contributed by atoms with E-state index < -0.39 is 23.4 Å². The van der Waals surface area contributed by atoms with Gasteiger partial charge in [-0.05, 0) is 79.4 Å². The number of aryl methyl sites for hydroxylation is 2. The average Bonchev–Trinajstić information content (AvgIpc) is 2.93. The topological polar surface area (TPSA) is 84.9 Å². The monoisotopic (exact) mass is 639 g/mol. The third kappa shape index (κ3) is 12.8. The first-order valence-corrected chi connectivity index (χ1v) is 14.8. The first kappa shape index (κ1) is 35.8. The second-order valence-corrected chi connectivity index (χ2v) is 11.5. The van der Waals surface area contributed by atoms with Crippen LogP contribution in [0.2, 0.25) is 5.02 Å². The van der Waals surface area contributed by atoms with Gasteiger partial charge in [-0.15, -0.1) is 0 Å². The highest BCUT2D eigenvalue weighted by molar-refractivity contribution is 8.00.